The zero-order valence-corrected chi connectivity index (χ0v) is 27.3. The third-order valence-corrected chi connectivity index (χ3v) is 12.2. The van der Waals surface area contributed by atoms with Crippen molar-refractivity contribution in [2.75, 3.05) is 39.6 Å². The molecule has 0 unspecified atom stereocenters. The summed E-state index contributed by atoms with van der Waals surface area (Å²) in [6.07, 6.45) is 2.58. The van der Waals surface area contributed by atoms with Gasteiger partial charge in [0.15, 0.2) is 5.78 Å². The molecule has 0 atom stereocenters. The highest BCUT2D eigenvalue weighted by atomic mass is 28.4. The first-order valence-corrected chi connectivity index (χ1v) is 18.2. The molecule has 39 heavy (non-hydrogen) atoms. The molecule has 0 N–H and O–H groups in total. The molecule has 0 spiro atoms. The van der Waals surface area contributed by atoms with E-state index in [-0.39, 0.29) is 5.78 Å². The summed E-state index contributed by atoms with van der Waals surface area (Å²) >= 11 is 0. The molecule has 0 heterocycles. The van der Waals surface area contributed by atoms with Gasteiger partial charge in [0.05, 0.1) is 0 Å². The molecule has 0 radical (unpaired) electrons. The summed E-state index contributed by atoms with van der Waals surface area (Å²) in [5.41, 5.74) is 2.34. The van der Waals surface area contributed by atoms with Gasteiger partial charge in [0.2, 0.25) is 0 Å². The third-order valence-electron chi connectivity index (χ3n) is 5.93. The van der Waals surface area contributed by atoms with Crippen LogP contribution in [0.15, 0.2) is 12.1 Å². The van der Waals surface area contributed by atoms with Gasteiger partial charge in [0.1, 0.15) is 5.75 Å². The molecule has 0 aliphatic rings. The molecule has 11 heteroatoms. The maximum absolute atomic E-state index is 12.9. The molecule has 9 nitrogen and oxygen atoms in total. The predicted molar refractivity (Wildman–Crippen MR) is 155 cm³/mol. The molecule has 1 aromatic carbocycles. The number of benzene rings is 1. The first-order chi connectivity index (χ1) is 18.6. The second kappa shape index (κ2) is 18.8. The van der Waals surface area contributed by atoms with Gasteiger partial charge in [-0.3, -0.25) is 9.59 Å². The van der Waals surface area contributed by atoms with Crippen molar-refractivity contribution in [1.82, 2.24) is 0 Å². The first-order valence-electron chi connectivity index (χ1n) is 14.3. The van der Waals surface area contributed by atoms with E-state index in [0.29, 0.717) is 88.7 Å². The Balaban J connectivity index is 3.28. The molecule has 0 saturated heterocycles. The number of Topliss-reactive ketones (excluding diaryl/α,β-unsaturated/α-hetero) is 1. The summed E-state index contributed by atoms with van der Waals surface area (Å²) in [4.78, 5) is 24.7. The van der Waals surface area contributed by atoms with Crippen molar-refractivity contribution < 1.29 is 40.9 Å². The molecule has 0 aliphatic heterocycles. The maximum atomic E-state index is 12.9. The molecule has 0 aliphatic carbocycles. The Bertz CT molecular complexity index is 792. The van der Waals surface area contributed by atoms with Crippen molar-refractivity contribution in [2.24, 2.45) is 0 Å². The van der Waals surface area contributed by atoms with Crippen molar-refractivity contribution in [1.29, 1.82) is 0 Å². The first kappa shape index (κ1) is 35.6. The van der Waals surface area contributed by atoms with Crippen LogP contribution in [0.4, 0.5) is 0 Å². The van der Waals surface area contributed by atoms with E-state index in [2.05, 4.69) is 0 Å². The number of esters is 1. The minimum atomic E-state index is -2.82. The van der Waals surface area contributed by atoms with Crippen molar-refractivity contribution in [3.05, 3.63) is 28.8 Å². The van der Waals surface area contributed by atoms with Crippen LogP contribution in [0.3, 0.4) is 0 Å². The lowest BCUT2D eigenvalue weighted by Crippen LogP contribution is -2.46. The summed E-state index contributed by atoms with van der Waals surface area (Å²) in [6.45, 7) is 17.6. The van der Waals surface area contributed by atoms with Gasteiger partial charge in [0, 0.05) is 64.2 Å². The fraction of sp³-hybridized carbons (Fsp3) is 0.714. The summed E-state index contributed by atoms with van der Waals surface area (Å²) in [6, 6.07) is 4.84. The van der Waals surface area contributed by atoms with Gasteiger partial charge in [-0.15, -0.1) is 0 Å². The van der Waals surface area contributed by atoms with Crippen molar-refractivity contribution >= 4 is 29.4 Å². The largest absolute Gasteiger partial charge is 0.500 e. The van der Waals surface area contributed by atoms with Crippen molar-refractivity contribution in [3.8, 4) is 5.75 Å². The van der Waals surface area contributed by atoms with E-state index in [1.54, 1.807) is 19.1 Å². The second-order valence-corrected chi connectivity index (χ2v) is 14.4. The monoisotopic (exact) mass is 586 g/mol. The summed E-state index contributed by atoms with van der Waals surface area (Å²) in [5, 5.41) is 0. The minimum Gasteiger partial charge on any atom is -0.427 e. The zero-order valence-electron chi connectivity index (χ0n) is 25.3. The van der Waals surface area contributed by atoms with E-state index < -0.39 is 23.6 Å². The third kappa shape index (κ3) is 11.9. The number of carbonyl (C=O) groups excluding carboxylic acids is 2. The van der Waals surface area contributed by atoms with Gasteiger partial charge in [-0.25, -0.2) is 0 Å². The lowest BCUT2D eigenvalue weighted by molar-refractivity contribution is -0.131. The zero-order chi connectivity index (χ0) is 29.3. The lowest BCUT2D eigenvalue weighted by atomic mass is 9.92. The van der Waals surface area contributed by atoms with Crippen LogP contribution >= 0.6 is 0 Å². The highest BCUT2D eigenvalue weighted by Crippen LogP contribution is 2.29. The summed E-state index contributed by atoms with van der Waals surface area (Å²) in [5.74, 6) is -0.00277. The number of rotatable bonds is 22. The standard InChI is InChI=1S/C28H50O9Si2/c1-9-31-38(32-10-2,33-11-3)19-15-17-25-21-27(37-24(8)30)22-26(28(25)23(7)29)18-16-20-39(34-12-4,35-13-5)36-14-6/h21-22H,9-20H2,1-8H3. The van der Waals surface area contributed by atoms with E-state index in [1.807, 2.05) is 41.5 Å². The number of ether oxygens (including phenoxy) is 1. The second-order valence-electron chi connectivity index (χ2n) is 8.94. The molecular formula is C28H50O9Si2. The normalized spacial score (nSPS) is 12.1. The van der Waals surface area contributed by atoms with Gasteiger partial charge >= 0.3 is 23.6 Å². The van der Waals surface area contributed by atoms with Gasteiger partial charge < -0.3 is 31.3 Å². The molecule has 224 valence electrons. The van der Waals surface area contributed by atoms with Crippen LogP contribution in [0.5, 0.6) is 5.75 Å². The molecule has 1 rings (SSSR count). The van der Waals surface area contributed by atoms with E-state index in [4.69, 9.17) is 31.3 Å². The Morgan fingerprint density at radius 2 is 0.949 bits per heavy atom. The summed E-state index contributed by atoms with van der Waals surface area (Å²) < 4.78 is 41.5. The van der Waals surface area contributed by atoms with Crippen LogP contribution in [-0.4, -0.2) is 69.0 Å². The van der Waals surface area contributed by atoms with E-state index >= 15 is 0 Å². The van der Waals surface area contributed by atoms with Crippen LogP contribution in [-0.2, 0) is 44.2 Å². The highest BCUT2D eigenvalue weighted by molar-refractivity contribution is 6.61. The molecule has 0 bridgehead atoms. The number of aryl methyl sites for hydroxylation is 2. The van der Waals surface area contributed by atoms with E-state index in [0.717, 1.165) is 11.1 Å². The van der Waals surface area contributed by atoms with Crippen molar-refractivity contribution in [2.45, 2.75) is 93.2 Å². The summed E-state index contributed by atoms with van der Waals surface area (Å²) in [7, 11) is -5.64. The van der Waals surface area contributed by atoms with E-state index in [9.17, 15) is 9.59 Å². The predicted octanol–water partition coefficient (Wildman–Crippen LogP) is 5.78. The van der Waals surface area contributed by atoms with Crippen LogP contribution in [0.2, 0.25) is 12.1 Å². The molecule has 1 aromatic rings. The number of hydrogen-bond donors (Lipinski definition) is 0. The maximum Gasteiger partial charge on any atom is 0.500 e. The van der Waals surface area contributed by atoms with Crippen LogP contribution in [0.25, 0.3) is 0 Å². The van der Waals surface area contributed by atoms with Gasteiger partial charge in [0.25, 0.3) is 0 Å². The molecule has 0 fully saturated rings. The van der Waals surface area contributed by atoms with Crippen LogP contribution in [0, 0.1) is 0 Å². The van der Waals surface area contributed by atoms with Gasteiger partial charge in [-0.2, -0.15) is 0 Å². The molecule has 0 saturated carbocycles. The average molecular weight is 587 g/mol. The number of ketones is 1. The Labute approximate surface area is 237 Å². The fourth-order valence-electron chi connectivity index (χ4n) is 4.80. The topological polar surface area (TPSA) is 98.8 Å². The average Bonchev–Trinajstić information content (AvgIpc) is 2.84. The van der Waals surface area contributed by atoms with E-state index in [1.165, 1.54) is 6.92 Å². The number of carbonyl (C=O) groups is 2. The smallest absolute Gasteiger partial charge is 0.427 e. The Morgan fingerprint density at radius 1 is 0.615 bits per heavy atom. The molecule has 0 aromatic heterocycles. The lowest BCUT2D eigenvalue weighted by Gasteiger charge is -2.29. The number of hydrogen-bond acceptors (Lipinski definition) is 9. The van der Waals surface area contributed by atoms with Gasteiger partial charge in [-0.1, -0.05) is 0 Å². The quantitative estimate of drug-likeness (QED) is 0.0725. The van der Waals surface area contributed by atoms with Crippen molar-refractivity contribution in [3.63, 3.8) is 0 Å². The Morgan fingerprint density at radius 3 is 1.21 bits per heavy atom. The minimum absolute atomic E-state index is 0.0276. The SMILES string of the molecule is CCO[Si](CCCc1cc(OC(C)=O)cc(CCC[Si](OCC)(OCC)OCC)c1C(C)=O)(OCC)OCC. The Hall–Kier alpha value is -1.45. The molecule has 0 amide bonds. The van der Waals surface area contributed by atoms with Crippen LogP contribution in [0.1, 0.15) is 89.7 Å². The fourth-order valence-corrected chi connectivity index (χ4v) is 10.0. The molecular weight excluding hydrogens is 536 g/mol. The van der Waals surface area contributed by atoms with Gasteiger partial charge in [-0.05, 0) is 97.4 Å². The Kier molecular flexibility index (Phi) is 17.2. The highest BCUT2D eigenvalue weighted by Gasteiger charge is 2.40. The van der Waals surface area contributed by atoms with Crippen LogP contribution < -0.4 is 4.74 Å².